The number of thioether (sulfide) groups is 1. The molecule has 17 heavy (non-hydrogen) atoms. The van der Waals surface area contributed by atoms with Crippen LogP contribution in [0.5, 0.6) is 0 Å². The molecule has 0 fully saturated rings. The molecule has 1 aliphatic heterocycles. The number of allylic oxidation sites excluding steroid dienone is 4. The summed E-state index contributed by atoms with van der Waals surface area (Å²) in [5, 5.41) is 0.741. The third-order valence-electron chi connectivity index (χ3n) is 3.68. The Kier molecular flexibility index (Phi) is 3.11. The predicted octanol–water partition coefficient (Wildman–Crippen LogP) is 4.93. The van der Waals surface area contributed by atoms with Gasteiger partial charge < -0.3 is 0 Å². The van der Waals surface area contributed by atoms with Crippen LogP contribution in [0.1, 0.15) is 37.7 Å². The van der Waals surface area contributed by atoms with Gasteiger partial charge in [0.1, 0.15) is 0 Å². The lowest BCUT2D eigenvalue weighted by Crippen LogP contribution is -2.07. The first-order chi connectivity index (χ1) is 8.34. The van der Waals surface area contributed by atoms with Crippen LogP contribution in [-0.4, -0.2) is 5.25 Å². The van der Waals surface area contributed by atoms with Gasteiger partial charge in [-0.15, -0.1) is 11.8 Å². The van der Waals surface area contributed by atoms with Gasteiger partial charge in [0, 0.05) is 16.1 Å². The Bertz CT molecular complexity index is 470. The van der Waals surface area contributed by atoms with Crippen molar-refractivity contribution in [1.82, 2.24) is 0 Å². The molecule has 0 bridgehead atoms. The maximum atomic E-state index is 2.44. The van der Waals surface area contributed by atoms with Gasteiger partial charge in [0.05, 0.1) is 0 Å². The molecule has 1 aromatic carbocycles. The van der Waals surface area contributed by atoms with Crippen molar-refractivity contribution < 1.29 is 0 Å². The zero-order chi connectivity index (χ0) is 11.7. The van der Waals surface area contributed by atoms with Crippen molar-refractivity contribution in [3.8, 4) is 0 Å². The third-order valence-corrected chi connectivity index (χ3v) is 5.14. The molecule has 0 saturated heterocycles. The smallest absolute Gasteiger partial charge is 0.0201 e. The quantitative estimate of drug-likeness (QED) is 0.581. The van der Waals surface area contributed by atoms with Gasteiger partial charge in [0.2, 0.25) is 0 Å². The van der Waals surface area contributed by atoms with Gasteiger partial charge in [-0.1, -0.05) is 42.0 Å². The van der Waals surface area contributed by atoms with E-state index in [-0.39, 0.29) is 0 Å². The molecule has 2 atom stereocenters. The molecule has 0 saturated carbocycles. The van der Waals surface area contributed by atoms with E-state index in [1.807, 2.05) is 0 Å². The van der Waals surface area contributed by atoms with Crippen LogP contribution in [0.2, 0.25) is 0 Å². The highest BCUT2D eigenvalue weighted by molar-refractivity contribution is 8.00. The van der Waals surface area contributed by atoms with Crippen molar-refractivity contribution in [3.05, 3.63) is 53.6 Å². The maximum Gasteiger partial charge on any atom is 0.0201 e. The van der Waals surface area contributed by atoms with E-state index in [0.717, 1.165) is 11.7 Å². The predicted molar refractivity (Wildman–Crippen MR) is 75.6 cm³/mol. The van der Waals surface area contributed by atoms with Crippen LogP contribution >= 0.6 is 11.8 Å². The van der Waals surface area contributed by atoms with Crippen LogP contribution in [0, 0.1) is 0 Å². The summed E-state index contributed by atoms with van der Waals surface area (Å²) in [4.78, 5) is 1.49. The zero-order valence-corrected chi connectivity index (χ0v) is 11.0. The van der Waals surface area contributed by atoms with Crippen molar-refractivity contribution in [2.75, 3.05) is 0 Å². The van der Waals surface area contributed by atoms with Gasteiger partial charge in [0.25, 0.3) is 0 Å². The average molecular weight is 242 g/mol. The van der Waals surface area contributed by atoms with Gasteiger partial charge in [-0.3, -0.25) is 0 Å². The minimum Gasteiger partial charge on any atom is -0.121 e. The monoisotopic (exact) mass is 242 g/mol. The van der Waals surface area contributed by atoms with Gasteiger partial charge >= 0.3 is 0 Å². The van der Waals surface area contributed by atoms with E-state index in [2.05, 4.69) is 61.2 Å². The fourth-order valence-electron chi connectivity index (χ4n) is 2.74. The van der Waals surface area contributed by atoms with Crippen LogP contribution in [0.15, 0.2) is 53.0 Å². The molecule has 0 aromatic heterocycles. The lowest BCUT2D eigenvalue weighted by Gasteiger charge is -2.14. The first-order valence-corrected chi connectivity index (χ1v) is 7.30. The zero-order valence-electron chi connectivity index (χ0n) is 10.2. The number of hydrogen-bond donors (Lipinski definition) is 0. The Labute approximate surface area is 108 Å². The van der Waals surface area contributed by atoms with Crippen molar-refractivity contribution >= 4 is 11.8 Å². The van der Waals surface area contributed by atoms with E-state index in [4.69, 9.17) is 0 Å². The van der Waals surface area contributed by atoms with Crippen LogP contribution < -0.4 is 0 Å². The van der Waals surface area contributed by atoms with Crippen molar-refractivity contribution in [2.45, 2.75) is 42.2 Å². The molecule has 2 aliphatic rings. The number of hydrogen-bond acceptors (Lipinski definition) is 1. The third kappa shape index (κ3) is 2.21. The van der Waals surface area contributed by atoms with Gasteiger partial charge in [0.15, 0.2) is 0 Å². The van der Waals surface area contributed by atoms with Crippen molar-refractivity contribution in [1.29, 1.82) is 0 Å². The Morgan fingerprint density at radius 1 is 1.24 bits per heavy atom. The minimum atomic E-state index is 0.635. The lowest BCUT2D eigenvalue weighted by atomic mass is 9.93. The first kappa shape index (κ1) is 11.2. The topological polar surface area (TPSA) is 0 Å². The van der Waals surface area contributed by atoms with Crippen LogP contribution in [-0.2, 0) is 0 Å². The minimum absolute atomic E-state index is 0.635. The summed E-state index contributed by atoms with van der Waals surface area (Å²) in [6, 6.07) is 8.90. The van der Waals surface area contributed by atoms with Gasteiger partial charge in [-0.2, -0.15) is 0 Å². The Morgan fingerprint density at radius 3 is 3.06 bits per heavy atom. The van der Waals surface area contributed by atoms with Gasteiger partial charge in [-0.05, 0) is 37.8 Å². The molecule has 0 spiro atoms. The molecule has 1 aromatic rings. The van der Waals surface area contributed by atoms with E-state index < -0.39 is 0 Å². The van der Waals surface area contributed by atoms with Crippen LogP contribution in [0.3, 0.4) is 0 Å². The van der Waals surface area contributed by atoms with Crippen molar-refractivity contribution in [3.63, 3.8) is 0 Å². The number of fused-ring (bicyclic) bond motifs is 3. The normalized spacial score (nSPS) is 32.4. The molecule has 0 nitrogen and oxygen atoms in total. The largest absolute Gasteiger partial charge is 0.121 e. The van der Waals surface area contributed by atoms with E-state index in [9.17, 15) is 0 Å². The Morgan fingerprint density at radius 2 is 2.12 bits per heavy atom. The van der Waals surface area contributed by atoms with E-state index in [1.165, 1.54) is 23.3 Å². The second-order valence-corrected chi connectivity index (χ2v) is 6.26. The Balaban J connectivity index is 1.92. The number of benzene rings is 1. The summed E-state index contributed by atoms with van der Waals surface area (Å²) in [7, 11) is 0. The highest BCUT2D eigenvalue weighted by Crippen LogP contribution is 2.48. The fraction of sp³-hybridized carbons (Fsp3) is 0.375. The van der Waals surface area contributed by atoms with Crippen molar-refractivity contribution in [2.24, 2.45) is 0 Å². The molecular weight excluding hydrogens is 224 g/mol. The molecule has 88 valence electrons. The Hall–Kier alpha value is -0.950. The molecule has 0 N–H and O–H groups in total. The first-order valence-electron chi connectivity index (χ1n) is 6.42. The summed E-state index contributed by atoms with van der Waals surface area (Å²) in [6.07, 6.45) is 10.9. The molecule has 0 amide bonds. The molecule has 1 heterocycles. The SMILES string of the molecule is C/C1=C\CCC2Sc3ccccc3C2/C=C\C1. The van der Waals surface area contributed by atoms with Gasteiger partial charge in [-0.25, -0.2) is 0 Å². The summed E-state index contributed by atoms with van der Waals surface area (Å²) in [5.41, 5.74) is 3.05. The lowest BCUT2D eigenvalue weighted by molar-refractivity contribution is 0.715. The summed E-state index contributed by atoms with van der Waals surface area (Å²) in [5.74, 6) is 0.635. The number of rotatable bonds is 0. The molecule has 1 aliphatic carbocycles. The summed E-state index contributed by atoms with van der Waals surface area (Å²) in [6.45, 7) is 2.24. The van der Waals surface area contributed by atoms with E-state index >= 15 is 0 Å². The van der Waals surface area contributed by atoms with Crippen LogP contribution in [0.4, 0.5) is 0 Å². The fourth-order valence-corrected chi connectivity index (χ4v) is 4.21. The molecule has 2 unspecified atom stereocenters. The average Bonchev–Trinajstić information content (AvgIpc) is 2.70. The maximum absolute atomic E-state index is 2.44. The van der Waals surface area contributed by atoms with Crippen LogP contribution in [0.25, 0.3) is 0 Å². The molecule has 3 rings (SSSR count). The molecule has 0 radical (unpaired) electrons. The second kappa shape index (κ2) is 4.73. The summed E-state index contributed by atoms with van der Waals surface area (Å²) < 4.78 is 0. The van der Waals surface area contributed by atoms with E-state index in [1.54, 1.807) is 5.56 Å². The highest BCUT2D eigenvalue weighted by Gasteiger charge is 2.30. The standard InChI is InChI=1S/C16H18S/c1-12-6-4-9-14-13-8-2-3-10-15(13)17-16(14)11-5-7-12/h2-4,7-10,14,16H,5-6,11H2,1H3/b9-4-,12-7+. The highest BCUT2D eigenvalue weighted by atomic mass is 32.2. The molecule has 1 heteroatoms. The second-order valence-electron chi connectivity index (χ2n) is 4.98. The van der Waals surface area contributed by atoms with E-state index in [0.29, 0.717) is 5.92 Å². The molecular formula is C16H18S. The summed E-state index contributed by atoms with van der Waals surface area (Å²) >= 11 is 2.07.